The number of rotatable bonds is 4. The van der Waals surface area contributed by atoms with Crippen LogP contribution < -0.4 is 22.6 Å². The first kappa shape index (κ1) is 15.0. The summed E-state index contributed by atoms with van der Waals surface area (Å²) in [4.78, 5) is 12.4. The monoisotopic (exact) mass is 206 g/mol. The van der Waals surface area contributed by atoms with Crippen molar-refractivity contribution in [2.75, 3.05) is 13.6 Å². The standard InChI is InChI=1S/C9H18N2O.ClH/c1-6-11(5)8(4)10-9(12)7(2)3;/h8H,2,6H2,1,3-5H3,(H,10,12);1H. The van der Waals surface area contributed by atoms with E-state index >= 15 is 0 Å². The van der Waals surface area contributed by atoms with Crippen LogP contribution >= 0.6 is 0 Å². The highest BCUT2D eigenvalue weighted by molar-refractivity contribution is 5.92. The van der Waals surface area contributed by atoms with E-state index in [1.165, 1.54) is 4.90 Å². The zero-order chi connectivity index (χ0) is 9.72. The van der Waals surface area contributed by atoms with Crippen molar-refractivity contribution in [2.45, 2.75) is 26.9 Å². The van der Waals surface area contributed by atoms with Crippen LogP contribution in [0.5, 0.6) is 0 Å². The van der Waals surface area contributed by atoms with E-state index < -0.39 is 0 Å². The molecule has 0 spiro atoms. The lowest BCUT2D eigenvalue weighted by atomic mass is 10.3. The summed E-state index contributed by atoms with van der Waals surface area (Å²) in [5.74, 6) is -0.0599. The molecule has 78 valence electrons. The first-order valence-electron chi connectivity index (χ1n) is 4.27. The van der Waals surface area contributed by atoms with Crippen molar-refractivity contribution in [3.05, 3.63) is 12.2 Å². The molecule has 1 amide bonds. The average molecular weight is 207 g/mol. The smallest absolute Gasteiger partial charge is 0.250 e. The zero-order valence-corrected chi connectivity index (χ0v) is 9.53. The predicted molar refractivity (Wildman–Crippen MR) is 49.8 cm³/mol. The molecule has 0 heterocycles. The molecule has 4 heteroatoms. The molecule has 0 aliphatic rings. The Balaban J connectivity index is 0. The van der Waals surface area contributed by atoms with Crippen LogP contribution in [-0.4, -0.2) is 25.7 Å². The molecule has 0 aromatic heterocycles. The van der Waals surface area contributed by atoms with Gasteiger partial charge in [0.2, 0.25) is 0 Å². The van der Waals surface area contributed by atoms with Gasteiger partial charge in [0.1, 0.15) is 0 Å². The van der Waals surface area contributed by atoms with Gasteiger partial charge < -0.3 is 22.6 Å². The number of hydrogen-bond donors (Lipinski definition) is 2. The van der Waals surface area contributed by atoms with Gasteiger partial charge in [0, 0.05) is 12.5 Å². The predicted octanol–water partition coefficient (Wildman–Crippen LogP) is -3.44. The minimum Gasteiger partial charge on any atom is -1.00 e. The Morgan fingerprint density at radius 2 is 2.08 bits per heavy atom. The maximum atomic E-state index is 11.1. The van der Waals surface area contributed by atoms with Crippen LogP contribution in [0, 0.1) is 0 Å². The molecule has 0 radical (unpaired) electrons. The lowest BCUT2D eigenvalue weighted by Gasteiger charge is -2.20. The lowest BCUT2D eigenvalue weighted by molar-refractivity contribution is -0.904. The summed E-state index contributed by atoms with van der Waals surface area (Å²) in [7, 11) is 2.05. The Labute approximate surface area is 86.6 Å². The van der Waals surface area contributed by atoms with Gasteiger partial charge in [-0.1, -0.05) is 6.58 Å². The number of nitrogens with one attached hydrogen (secondary N) is 2. The maximum Gasteiger partial charge on any atom is 0.250 e. The molecule has 0 aliphatic carbocycles. The Kier molecular flexibility index (Phi) is 7.96. The minimum atomic E-state index is -0.0599. The molecular weight excluding hydrogens is 188 g/mol. The summed E-state index contributed by atoms with van der Waals surface area (Å²) < 4.78 is 0. The molecule has 0 saturated heterocycles. The number of halogens is 1. The Morgan fingerprint density at radius 1 is 1.62 bits per heavy atom. The molecule has 0 aromatic rings. The summed E-state index contributed by atoms with van der Waals surface area (Å²) in [5, 5.41) is 2.85. The van der Waals surface area contributed by atoms with Crippen LogP contribution in [0.2, 0.25) is 0 Å². The molecule has 0 fully saturated rings. The summed E-state index contributed by atoms with van der Waals surface area (Å²) in [5.41, 5.74) is 0.561. The van der Waals surface area contributed by atoms with Gasteiger partial charge in [0.15, 0.2) is 6.17 Å². The number of quaternary nitrogens is 1. The van der Waals surface area contributed by atoms with E-state index in [-0.39, 0.29) is 24.5 Å². The molecule has 2 N–H and O–H groups in total. The van der Waals surface area contributed by atoms with E-state index in [1.54, 1.807) is 6.92 Å². The van der Waals surface area contributed by atoms with E-state index in [0.29, 0.717) is 5.57 Å². The van der Waals surface area contributed by atoms with Gasteiger partial charge >= 0.3 is 0 Å². The quantitative estimate of drug-likeness (QED) is 0.365. The van der Waals surface area contributed by atoms with Gasteiger partial charge in [-0.2, -0.15) is 0 Å². The van der Waals surface area contributed by atoms with Gasteiger partial charge in [-0.3, -0.25) is 4.79 Å². The first-order chi connectivity index (χ1) is 5.49. The van der Waals surface area contributed by atoms with Crippen molar-refractivity contribution in [2.24, 2.45) is 0 Å². The fourth-order valence-electron chi connectivity index (χ4n) is 0.749. The van der Waals surface area contributed by atoms with Crippen LogP contribution in [0.4, 0.5) is 0 Å². The first-order valence-corrected chi connectivity index (χ1v) is 4.27. The molecule has 2 unspecified atom stereocenters. The van der Waals surface area contributed by atoms with Gasteiger partial charge in [0.05, 0.1) is 13.6 Å². The molecule has 13 heavy (non-hydrogen) atoms. The van der Waals surface area contributed by atoms with Crippen LogP contribution in [0.25, 0.3) is 0 Å². The number of carbonyl (C=O) groups is 1. The second-order valence-electron chi connectivity index (χ2n) is 3.18. The Hall–Kier alpha value is -0.540. The summed E-state index contributed by atoms with van der Waals surface area (Å²) >= 11 is 0. The van der Waals surface area contributed by atoms with Crippen molar-refractivity contribution in [1.82, 2.24) is 5.32 Å². The van der Waals surface area contributed by atoms with Gasteiger partial charge in [0.25, 0.3) is 5.91 Å². The van der Waals surface area contributed by atoms with Crippen LogP contribution in [0.1, 0.15) is 20.8 Å². The Morgan fingerprint density at radius 3 is 2.38 bits per heavy atom. The van der Waals surface area contributed by atoms with Crippen molar-refractivity contribution in [3.63, 3.8) is 0 Å². The van der Waals surface area contributed by atoms with Crippen LogP contribution in [-0.2, 0) is 4.79 Å². The van der Waals surface area contributed by atoms with Crippen molar-refractivity contribution >= 4 is 5.91 Å². The second-order valence-corrected chi connectivity index (χ2v) is 3.18. The third-order valence-electron chi connectivity index (χ3n) is 2.03. The minimum absolute atomic E-state index is 0. The molecule has 3 nitrogen and oxygen atoms in total. The van der Waals surface area contributed by atoms with Gasteiger partial charge in [-0.25, -0.2) is 0 Å². The van der Waals surface area contributed by atoms with Gasteiger partial charge in [-0.05, 0) is 13.8 Å². The Bertz CT molecular complexity index is 182. The number of carbonyl (C=O) groups excluding carboxylic acids is 1. The molecule has 0 saturated carbocycles. The molecule has 0 aromatic carbocycles. The highest BCUT2D eigenvalue weighted by Crippen LogP contribution is 1.85. The fourth-order valence-corrected chi connectivity index (χ4v) is 0.749. The van der Waals surface area contributed by atoms with Crippen molar-refractivity contribution in [3.8, 4) is 0 Å². The molecule has 0 bridgehead atoms. The van der Waals surface area contributed by atoms with Crippen molar-refractivity contribution < 1.29 is 22.1 Å². The van der Waals surface area contributed by atoms with Crippen molar-refractivity contribution in [1.29, 1.82) is 0 Å². The van der Waals surface area contributed by atoms with E-state index in [0.717, 1.165) is 6.54 Å². The third kappa shape index (κ3) is 5.66. The number of amides is 1. The highest BCUT2D eigenvalue weighted by Gasteiger charge is 2.13. The second kappa shape index (κ2) is 6.92. The van der Waals surface area contributed by atoms with E-state index in [4.69, 9.17) is 0 Å². The zero-order valence-electron chi connectivity index (χ0n) is 8.78. The van der Waals surface area contributed by atoms with Crippen LogP contribution in [0.3, 0.4) is 0 Å². The fraction of sp³-hybridized carbons (Fsp3) is 0.667. The van der Waals surface area contributed by atoms with Gasteiger partial charge in [-0.15, -0.1) is 0 Å². The SMILES string of the molecule is C=C(C)C(=O)NC(C)[NH+](C)CC.[Cl-]. The van der Waals surface area contributed by atoms with E-state index in [2.05, 4.69) is 18.8 Å². The molecule has 0 aliphatic heterocycles. The topological polar surface area (TPSA) is 33.5 Å². The van der Waals surface area contributed by atoms with Crippen LogP contribution in [0.15, 0.2) is 12.2 Å². The van der Waals surface area contributed by atoms with E-state index in [1.807, 2.05) is 14.0 Å². The number of hydrogen-bond acceptors (Lipinski definition) is 1. The summed E-state index contributed by atoms with van der Waals surface area (Å²) in [6.07, 6.45) is 0.152. The summed E-state index contributed by atoms with van der Waals surface area (Å²) in [6, 6.07) is 0. The largest absolute Gasteiger partial charge is 1.00 e. The molecule has 2 atom stereocenters. The summed E-state index contributed by atoms with van der Waals surface area (Å²) in [6.45, 7) is 10.3. The lowest BCUT2D eigenvalue weighted by Crippen LogP contribution is -3.14. The average Bonchev–Trinajstić information content (AvgIpc) is 2.02. The third-order valence-corrected chi connectivity index (χ3v) is 2.03. The molecule has 0 rings (SSSR count). The molecular formula is C9H19ClN2O. The van der Waals surface area contributed by atoms with E-state index in [9.17, 15) is 4.79 Å². The highest BCUT2D eigenvalue weighted by atomic mass is 35.5. The normalized spacial score (nSPS) is 13.8. The maximum absolute atomic E-state index is 11.1.